The summed E-state index contributed by atoms with van der Waals surface area (Å²) in [6.07, 6.45) is 0. The van der Waals surface area contributed by atoms with E-state index in [-0.39, 0.29) is 21.8 Å². The second-order valence-electron chi connectivity index (χ2n) is 3.25. The minimum atomic E-state index is -1.01. The van der Waals surface area contributed by atoms with E-state index < -0.39 is 5.97 Å². The summed E-state index contributed by atoms with van der Waals surface area (Å²) in [4.78, 5) is 23.5. The highest BCUT2D eigenvalue weighted by molar-refractivity contribution is 9.10. The lowest BCUT2D eigenvalue weighted by Gasteiger charge is -2.47. The van der Waals surface area contributed by atoms with Crippen LogP contribution in [-0.4, -0.2) is 37.8 Å². The number of carboxylic acids is 1. The van der Waals surface area contributed by atoms with E-state index in [0.29, 0.717) is 5.75 Å². The number of carbonyl (C=O) groups excluding carboxylic acids is 1. The van der Waals surface area contributed by atoms with Crippen molar-refractivity contribution in [3.8, 4) is 0 Å². The maximum absolute atomic E-state index is 11.4. The molecule has 0 aromatic heterocycles. The van der Waals surface area contributed by atoms with Crippen LogP contribution in [0.1, 0.15) is 6.92 Å². The first-order valence-corrected chi connectivity index (χ1v) is 6.02. The Bertz CT molecular complexity index is 354. The van der Waals surface area contributed by atoms with Gasteiger partial charge in [-0.1, -0.05) is 15.9 Å². The Morgan fingerprint density at radius 2 is 2.36 bits per heavy atom. The predicted octanol–water partition coefficient (Wildman–Crippen LogP) is 1.02. The van der Waals surface area contributed by atoms with Crippen LogP contribution in [0.5, 0.6) is 0 Å². The molecule has 0 radical (unpaired) electrons. The number of fused-ring (bicyclic) bond motifs is 1. The maximum Gasteiger partial charge on any atom is 0.352 e. The van der Waals surface area contributed by atoms with Crippen LogP contribution in [0.3, 0.4) is 0 Å². The summed E-state index contributed by atoms with van der Waals surface area (Å²) < 4.78 is 0. The van der Waals surface area contributed by atoms with Crippen molar-refractivity contribution in [3.05, 3.63) is 11.3 Å². The van der Waals surface area contributed by atoms with Crippen LogP contribution < -0.4 is 0 Å². The lowest BCUT2D eigenvalue weighted by Crippen LogP contribution is -2.62. The molecule has 2 atom stereocenters. The summed E-state index contributed by atoms with van der Waals surface area (Å²) >= 11 is 4.83. The van der Waals surface area contributed by atoms with E-state index in [9.17, 15) is 9.59 Å². The molecule has 6 heteroatoms. The van der Waals surface area contributed by atoms with E-state index in [1.54, 1.807) is 18.7 Å². The fourth-order valence-electron chi connectivity index (χ4n) is 1.60. The van der Waals surface area contributed by atoms with Gasteiger partial charge in [-0.25, -0.2) is 4.79 Å². The number of nitrogens with zero attached hydrogens (tertiary/aromatic N) is 1. The van der Waals surface area contributed by atoms with Crippen LogP contribution in [0.25, 0.3) is 0 Å². The summed E-state index contributed by atoms with van der Waals surface area (Å²) in [5.74, 6) is -0.488. The Labute approximate surface area is 93.5 Å². The standard InChI is InChI=1S/C8H8BrNO3S/c1-3-2-14-7-4(9)6(11)10(7)5(3)8(12)13/h4,7H,2H2,1H3,(H,12,13)/t4-,7?/m0/s1. The van der Waals surface area contributed by atoms with Crippen LogP contribution >= 0.6 is 27.7 Å². The van der Waals surface area contributed by atoms with Crippen molar-refractivity contribution >= 4 is 39.6 Å². The molecule has 4 nitrogen and oxygen atoms in total. The van der Waals surface area contributed by atoms with Crippen molar-refractivity contribution in [1.82, 2.24) is 4.90 Å². The van der Waals surface area contributed by atoms with Gasteiger partial charge in [-0.05, 0) is 12.5 Å². The third-order valence-electron chi connectivity index (χ3n) is 2.30. The highest BCUT2D eigenvalue weighted by Crippen LogP contribution is 2.42. The van der Waals surface area contributed by atoms with E-state index in [1.807, 2.05) is 0 Å². The molecule has 1 unspecified atom stereocenters. The van der Waals surface area contributed by atoms with Crippen molar-refractivity contribution in [3.63, 3.8) is 0 Å². The second kappa shape index (κ2) is 3.27. The third-order valence-corrected chi connectivity index (χ3v) is 4.96. The number of hydrogen-bond acceptors (Lipinski definition) is 3. The number of carbonyl (C=O) groups is 2. The molecule has 1 saturated heterocycles. The molecule has 0 aromatic carbocycles. The molecule has 1 N–H and O–H groups in total. The molecule has 14 heavy (non-hydrogen) atoms. The molecule has 0 bridgehead atoms. The Morgan fingerprint density at radius 1 is 1.71 bits per heavy atom. The van der Waals surface area contributed by atoms with Gasteiger partial charge in [-0.3, -0.25) is 9.69 Å². The highest BCUT2D eigenvalue weighted by atomic mass is 79.9. The molecule has 2 aliphatic rings. The van der Waals surface area contributed by atoms with Gasteiger partial charge >= 0.3 is 5.97 Å². The number of thioether (sulfide) groups is 1. The molecular weight excluding hydrogens is 270 g/mol. The van der Waals surface area contributed by atoms with Crippen molar-refractivity contribution in [2.24, 2.45) is 0 Å². The molecule has 0 aromatic rings. The Morgan fingerprint density at radius 3 is 2.93 bits per heavy atom. The summed E-state index contributed by atoms with van der Waals surface area (Å²) in [6, 6.07) is 0. The molecule has 0 saturated carbocycles. The minimum absolute atomic E-state index is 0.0442. The first-order chi connectivity index (χ1) is 6.54. The molecule has 1 fully saturated rings. The number of aliphatic carboxylic acids is 1. The quantitative estimate of drug-likeness (QED) is 0.575. The van der Waals surface area contributed by atoms with Gasteiger partial charge in [-0.15, -0.1) is 11.8 Å². The smallest absolute Gasteiger partial charge is 0.352 e. The summed E-state index contributed by atoms with van der Waals surface area (Å²) in [5.41, 5.74) is 0.918. The molecule has 2 aliphatic heterocycles. The molecule has 0 spiro atoms. The second-order valence-corrected chi connectivity index (χ2v) is 5.34. The SMILES string of the molecule is CC1=C(C(=O)O)N2C(=O)[C@H](Br)C2SC1. The van der Waals surface area contributed by atoms with Crippen LogP contribution in [0.15, 0.2) is 11.3 Å². The van der Waals surface area contributed by atoms with Gasteiger partial charge in [0.05, 0.1) is 0 Å². The van der Waals surface area contributed by atoms with E-state index in [2.05, 4.69) is 15.9 Å². The van der Waals surface area contributed by atoms with Gasteiger partial charge < -0.3 is 5.11 Å². The number of rotatable bonds is 1. The number of halogens is 1. The van der Waals surface area contributed by atoms with Crippen molar-refractivity contribution in [2.75, 3.05) is 5.75 Å². The Kier molecular flexibility index (Phi) is 2.35. The van der Waals surface area contributed by atoms with Gasteiger partial charge in [0.1, 0.15) is 15.9 Å². The van der Waals surface area contributed by atoms with E-state index in [0.717, 1.165) is 5.57 Å². The van der Waals surface area contributed by atoms with E-state index in [4.69, 9.17) is 5.11 Å². The van der Waals surface area contributed by atoms with Crippen molar-refractivity contribution in [1.29, 1.82) is 0 Å². The topological polar surface area (TPSA) is 57.6 Å². The summed E-state index contributed by atoms with van der Waals surface area (Å²) in [7, 11) is 0. The Balaban J connectivity index is 2.37. The van der Waals surface area contributed by atoms with Gasteiger partial charge in [0, 0.05) is 5.75 Å². The first kappa shape index (κ1) is 10.0. The average molecular weight is 278 g/mol. The zero-order valence-electron chi connectivity index (χ0n) is 7.36. The van der Waals surface area contributed by atoms with Crippen LogP contribution in [0.2, 0.25) is 0 Å². The number of β-lactam (4-membered cyclic amide) rings is 1. The molecule has 0 aliphatic carbocycles. The fraction of sp³-hybridized carbons (Fsp3) is 0.500. The maximum atomic E-state index is 11.4. The van der Waals surface area contributed by atoms with Gasteiger partial charge in [0.2, 0.25) is 5.91 Å². The minimum Gasteiger partial charge on any atom is -0.477 e. The highest BCUT2D eigenvalue weighted by Gasteiger charge is 2.51. The molecule has 2 rings (SSSR count). The first-order valence-electron chi connectivity index (χ1n) is 4.06. The van der Waals surface area contributed by atoms with Crippen LogP contribution in [0.4, 0.5) is 0 Å². The zero-order valence-corrected chi connectivity index (χ0v) is 9.76. The van der Waals surface area contributed by atoms with Crippen LogP contribution in [-0.2, 0) is 9.59 Å². The summed E-state index contributed by atoms with van der Waals surface area (Å²) in [6.45, 7) is 1.75. The fourth-order valence-corrected chi connectivity index (χ4v) is 3.71. The molecular formula is C8H8BrNO3S. The van der Waals surface area contributed by atoms with Gasteiger partial charge in [0.25, 0.3) is 0 Å². The van der Waals surface area contributed by atoms with Crippen molar-refractivity contribution < 1.29 is 14.7 Å². The lowest BCUT2D eigenvalue weighted by molar-refractivity contribution is -0.145. The number of carboxylic acid groups (broad SMARTS) is 1. The van der Waals surface area contributed by atoms with E-state index in [1.165, 1.54) is 4.90 Å². The van der Waals surface area contributed by atoms with Crippen molar-refractivity contribution in [2.45, 2.75) is 17.1 Å². The van der Waals surface area contributed by atoms with Gasteiger partial charge in [-0.2, -0.15) is 0 Å². The largest absolute Gasteiger partial charge is 0.477 e. The predicted molar refractivity (Wildman–Crippen MR) is 56.1 cm³/mol. The molecule has 76 valence electrons. The monoisotopic (exact) mass is 277 g/mol. The number of amides is 1. The average Bonchev–Trinajstić information content (AvgIpc) is 2.15. The normalized spacial score (nSPS) is 31.3. The molecule has 1 amide bonds. The van der Waals surface area contributed by atoms with Crippen LogP contribution in [0, 0.1) is 0 Å². The summed E-state index contributed by atoms with van der Waals surface area (Å²) in [5, 5.41) is 8.91. The Hall–Kier alpha value is -0.490. The zero-order chi connectivity index (χ0) is 10.5. The third kappa shape index (κ3) is 1.20. The van der Waals surface area contributed by atoms with E-state index >= 15 is 0 Å². The number of alkyl halides is 1. The molecule has 2 heterocycles. The number of hydrogen-bond donors (Lipinski definition) is 1. The lowest BCUT2D eigenvalue weighted by atomic mass is 10.1. The van der Waals surface area contributed by atoms with Gasteiger partial charge in [0.15, 0.2) is 0 Å².